The molecule has 1 atom stereocenters. The van der Waals surface area contributed by atoms with E-state index in [2.05, 4.69) is 5.32 Å². The maximum absolute atomic E-state index is 12.3. The van der Waals surface area contributed by atoms with Gasteiger partial charge in [0.25, 0.3) is 0 Å². The number of ether oxygens (including phenoxy) is 1. The summed E-state index contributed by atoms with van der Waals surface area (Å²) in [6, 6.07) is 7.26. The number of hydrogen-bond donors (Lipinski definition) is 2. The van der Waals surface area contributed by atoms with E-state index >= 15 is 0 Å². The van der Waals surface area contributed by atoms with Crippen LogP contribution in [-0.4, -0.2) is 42.6 Å². The Labute approximate surface area is 140 Å². The van der Waals surface area contributed by atoms with Crippen LogP contribution in [0.5, 0.6) is 5.75 Å². The number of benzene rings is 1. The van der Waals surface area contributed by atoms with E-state index in [0.29, 0.717) is 37.6 Å². The van der Waals surface area contributed by atoms with Crippen LogP contribution in [0.25, 0.3) is 0 Å². The number of carboxylic acid groups (broad SMARTS) is 1. The monoisotopic (exact) mass is 334 g/mol. The molecule has 1 aliphatic rings. The minimum absolute atomic E-state index is 0.0116. The third-order valence-electron chi connectivity index (χ3n) is 3.82. The molecule has 130 valence electrons. The van der Waals surface area contributed by atoms with Gasteiger partial charge in [0.05, 0.1) is 18.2 Å². The molecular formula is C17H22N2O5. The number of para-hydroxylation sites is 2. The first-order chi connectivity index (χ1) is 11.5. The van der Waals surface area contributed by atoms with E-state index < -0.39 is 11.9 Å². The van der Waals surface area contributed by atoms with Crippen molar-refractivity contribution in [1.82, 2.24) is 5.32 Å². The second-order valence-corrected chi connectivity index (χ2v) is 5.59. The summed E-state index contributed by atoms with van der Waals surface area (Å²) in [6.45, 7) is 2.96. The average Bonchev–Trinajstić information content (AvgIpc) is 2.94. The van der Waals surface area contributed by atoms with Gasteiger partial charge >= 0.3 is 5.97 Å². The molecule has 0 bridgehead atoms. The molecular weight excluding hydrogens is 312 g/mol. The van der Waals surface area contributed by atoms with Crippen molar-refractivity contribution in [2.75, 3.05) is 24.6 Å². The molecule has 1 aliphatic heterocycles. The number of hydrogen-bond acceptors (Lipinski definition) is 4. The fourth-order valence-corrected chi connectivity index (χ4v) is 2.67. The smallest absolute Gasteiger partial charge is 0.303 e. The highest BCUT2D eigenvalue weighted by atomic mass is 16.5. The summed E-state index contributed by atoms with van der Waals surface area (Å²) >= 11 is 0. The number of carbonyl (C=O) groups excluding carboxylic acids is 2. The Morgan fingerprint density at radius 2 is 2.12 bits per heavy atom. The molecule has 0 spiro atoms. The summed E-state index contributed by atoms with van der Waals surface area (Å²) in [5, 5.41) is 11.3. The first-order valence-corrected chi connectivity index (χ1v) is 8.04. The van der Waals surface area contributed by atoms with E-state index in [-0.39, 0.29) is 24.7 Å². The quantitative estimate of drug-likeness (QED) is 0.701. The number of anilines is 1. The van der Waals surface area contributed by atoms with Crippen molar-refractivity contribution >= 4 is 23.5 Å². The van der Waals surface area contributed by atoms with Crippen LogP contribution in [0.2, 0.25) is 0 Å². The van der Waals surface area contributed by atoms with Gasteiger partial charge in [-0.05, 0) is 25.5 Å². The maximum atomic E-state index is 12.3. The highest BCUT2D eigenvalue weighted by Crippen LogP contribution is 2.33. The van der Waals surface area contributed by atoms with E-state index in [4.69, 9.17) is 9.84 Å². The van der Waals surface area contributed by atoms with Crippen molar-refractivity contribution in [3.05, 3.63) is 24.3 Å². The number of carbonyl (C=O) groups is 3. The van der Waals surface area contributed by atoms with Gasteiger partial charge in [0.2, 0.25) is 11.8 Å². The molecule has 7 heteroatoms. The van der Waals surface area contributed by atoms with Gasteiger partial charge in [-0.2, -0.15) is 0 Å². The topological polar surface area (TPSA) is 95.9 Å². The number of aliphatic carboxylic acids is 1. The molecule has 7 nitrogen and oxygen atoms in total. The number of rotatable bonds is 8. The number of carboxylic acids is 1. The Hall–Kier alpha value is -2.57. The van der Waals surface area contributed by atoms with Crippen molar-refractivity contribution in [2.24, 2.45) is 5.92 Å². The Morgan fingerprint density at radius 3 is 2.83 bits per heavy atom. The van der Waals surface area contributed by atoms with Gasteiger partial charge in [-0.1, -0.05) is 12.1 Å². The third-order valence-corrected chi connectivity index (χ3v) is 3.82. The van der Waals surface area contributed by atoms with E-state index in [1.807, 2.05) is 19.1 Å². The van der Waals surface area contributed by atoms with E-state index in [1.54, 1.807) is 17.0 Å². The number of nitrogens with one attached hydrogen (secondary N) is 1. The summed E-state index contributed by atoms with van der Waals surface area (Å²) in [5.41, 5.74) is 0.672. The van der Waals surface area contributed by atoms with E-state index in [0.717, 1.165) is 0 Å². The fourth-order valence-electron chi connectivity index (χ4n) is 2.67. The average molecular weight is 334 g/mol. The SMILES string of the molecule is CCOc1ccccc1N1CC(C(=O)NCCCC(=O)O)CC1=O. The van der Waals surface area contributed by atoms with Crippen LogP contribution in [-0.2, 0) is 14.4 Å². The summed E-state index contributed by atoms with van der Waals surface area (Å²) in [4.78, 5) is 36.5. The molecule has 1 unspecified atom stereocenters. The van der Waals surface area contributed by atoms with Crippen LogP contribution >= 0.6 is 0 Å². The molecule has 0 saturated carbocycles. The summed E-state index contributed by atoms with van der Waals surface area (Å²) in [7, 11) is 0. The second kappa shape index (κ2) is 8.33. The number of nitrogens with zero attached hydrogens (tertiary/aromatic N) is 1. The molecule has 1 saturated heterocycles. The molecule has 1 aromatic rings. The van der Waals surface area contributed by atoms with Crippen LogP contribution < -0.4 is 15.0 Å². The number of amides is 2. The molecule has 0 radical (unpaired) electrons. The van der Waals surface area contributed by atoms with Gasteiger partial charge in [0.1, 0.15) is 5.75 Å². The molecule has 2 N–H and O–H groups in total. The molecule has 1 fully saturated rings. The minimum Gasteiger partial charge on any atom is -0.492 e. The van der Waals surface area contributed by atoms with Crippen LogP contribution in [0.1, 0.15) is 26.2 Å². The molecule has 1 heterocycles. The lowest BCUT2D eigenvalue weighted by atomic mass is 10.1. The molecule has 0 aromatic heterocycles. The predicted octanol–water partition coefficient (Wildman–Crippen LogP) is 1.42. The zero-order chi connectivity index (χ0) is 17.5. The Balaban J connectivity index is 1.96. The molecule has 24 heavy (non-hydrogen) atoms. The third kappa shape index (κ3) is 4.47. The molecule has 0 aliphatic carbocycles. The zero-order valence-corrected chi connectivity index (χ0v) is 13.7. The summed E-state index contributed by atoms with van der Waals surface area (Å²) in [6.07, 6.45) is 0.529. The largest absolute Gasteiger partial charge is 0.492 e. The van der Waals surface area contributed by atoms with Crippen molar-refractivity contribution in [3.63, 3.8) is 0 Å². The maximum Gasteiger partial charge on any atom is 0.303 e. The Morgan fingerprint density at radius 1 is 1.38 bits per heavy atom. The lowest BCUT2D eigenvalue weighted by Gasteiger charge is -2.20. The van der Waals surface area contributed by atoms with Crippen molar-refractivity contribution in [2.45, 2.75) is 26.2 Å². The summed E-state index contributed by atoms with van der Waals surface area (Å²) < 4.78 is 5.55. The first-order valence-electron chi connectivity index (χ1n) is 8.04. The minimum atomic E-state index is -0.890. The van der Waals surface area contributed by atoms with Gasteiger partial charge in [-0.3, -0.25) is 14.4 Å². The molecule has 2 rings (SSSR count). The van der Waals surface area contributed by atoms with E-state index in [1.165, 1.54) is 0 Å². The zero-order valence-electron chi connectivity index (χ0n) is 13.7. The van der Waals surface area contributed by atoms with Crippen molar-refractivity contribution in [1.29, 1.82) is 0 Å². The normalized spacial score (nSPS) is 17.0. The lowest BCUT2D eigenvalue weighted by Crippen LogP contribution is -2.33. The van der Waals surface area contributed by atoms with Crippen molar-refractivity contribution in [3.8, 4) is 5.75 Å². The van der Waals surface area contributed by atoms with Crippen LogP contribution in [0, 0.1) is 5.92 Å². The van der Waals surface area contributed by atoms with Crippen LogP contribution in [0.15, 0.2) is 24.3 Å². The highest BCUT2D eigenvalue weighted by Gasteiger charge is 2.36. The molecule has 1 aromatic carbocycles. The van der Waals surface area contributed by atoms with Gasteiger partial charge in [0, 0.05) is 25.9 Å². The van der Waals surface area contributed by atoms with Gasteiger partial charge in [0.15, 0.2) is 0 Å². The van der Waals surface area contributed by atoms with Gasteiger partial charge in [-0.15, -0.1) is 0 Å². The summed E-state index contributed by atoms with van der Waals surface area (Å²) in [5.74, 6) is -1.04. The Kier molecular flexibility index (Phi) is 6.17. The van der Waals surface area contributed by atoms with E-state index in [9.17, 15) is 14.4 Å². The lowest BCUT2D eigenvalue weighted by molar-refractivity contribution is -0.137. The molecule has 2 amide bonds. The van der Waals surface area contributed by atoms with Crippen LogP contribution in [0.4, 0.5) is 5.69 Å². The van der Waals surface area contributed by atoms with Gasteiger partial charge in [-0.25, -0.2) is 0 Å². The Bertz CT molecular complexity index is 617. The second-order valence-electron chi connectivity index (χ2n) is 5.59. The fraction of sp³-hybridized carbons (Fsp3) is 0.471. The van der Waals surface area contributed by atoms with Gasteiger partial charge < -0.3 is 20.1 Å². The highest BCUT2D eigenvalue weighted by molar-refractivity contribution is 6.01. The first kappa shape index (κ1) is 17.8. The van der Waals surface area contributed by atoms with Crippen molar-refractivity contribution < 1.29 is 24.2 Å². The standard InChI is InChI=1S/C17H22N2O5/c1-2-24-14-7-4-3-6-13(14)19-11-12(10-15(19)20)17(23)18-9-5-8-16(21)22/h3-4,6-7,12H,2,5,8-11H2,1H3,(H,18,23)(H,21,22). The van der Waals surface area contributed by atoms with Crippen LogP contribution in [0.3, 0.4) is 0 Å². The predicted molar refractivity (Wildman–Crippen MR) is 88.0 cm³/mol.